The van der Waals surface area contributed by atoms with Crippen LogP contribution < -0.4 is 14.5 Å². The lowest BCUT2D eigenvalue weighted by Crippen LogP contribution is -2.19. The third-order valence-corrected chi connectivity index (χ3v) is 5.21. The Morgan fingerprint density at radius 1 is 1.00 bits per heavy atom. The molecule has 0 saturated carbocycles. The summed E-state index contributed by atoms with van der Waals surface area (Å²) in [4.78, 5) is 0. The molecule has 0 bridgehead atoms. The van der Waals surface area contributed by atoms with Crippen LogP contribution in [0.25, 0.3) is 0 Å². The largest absolute Gasteiger partial charge is 0.497 e. The molecule has 1 heterocycles. The van der Waals surface area contributed by atoms with Crippen molar-refractivity contribution in [3.05, 3.63) is 88.7 Å². The number of ether oxygens (including phenoxy) is 2. The minimum Gasteiger partial charge on any atom is -0.497 e. The van der Waals surface area contributed by atoms with E-state index in [0.717, 1.165) is 16.8 Å². The Labute approximate surface area is 174 Å². The van der Waals surface area contributed by atoms with Crippen molar-refractivity contribution in [3.63, 3.8) is 0 Å². The molecule has 0 aromatic heterocycles. The van der Waals surface area contributed by atoms with Crippen molar-refractivity contribution in [3.8, 4) is 11.5 Å². The summed E-state index contributed by atoms with van der Waals surface area (Å²) in [6.45, 7) is 0. The molecule has 6 heteroatoms. The quantitative estimate of drug-likeness (QED) is 0.529. The van der Waals surface area contributed by atoms with Crippen LogP contribution >= 0.6 is 11.6 Å². The summed E-state index contributed by atoms with van der Waals surface area (Å²) in [5.74, 6) is 1.10. The van der Waals surface area contributed by atoms with Crippen molar-refractivity contribution < 1.29 is 13.9 Å². The fourth-order valence-corrected chi connectivity index (χ4v) is 3.65. The number of halogens is 2. The molecule has 0 saturated heterocycles. The van der Waals surface area contributed by atoms with Gasteiger partial charge in [0.05, 0.1) is 31.7 Å². The van der Waals surface area contributed by atoms with Crippen molar-refractivity contribution in [1.29, 1.82) is 0 Å². The van der Waals surface area contributed by atoms with E-state index < -0.39 is 0 Å². The van der Waals surface area contributed by atoms with Gasteiger partial charge in [-0.25, -0.2) is 4.39 Å². The lowest BCUT2D eigenvalue weighted by molar-refractivity contribution is 0.388. The molecule has 1 atom stereocenters. The first-order chi connectivity index (χ1) is 14.1. The number of anilines is 1. The van der Waals surface area contributed by atoms with Gasteiger partial charge >= 0.3 is 0 Å². The van der Waals surface area contributed by atoms with Gasteiger partial charge in [-0.05, 0) is 48.0 Å². The summed E-state index contributed by atoms with van der Waals surface area (Å²) < 4.78 is 24.9. The minimum absolute atomic E-state index is 0.150. The maximum Gasteiger partial charge on any atom is 0.127 e. The number of benzene rings is 3. The SMILES string of the molecule is COc1ccc(C2CC(c3ccc(Cl)cc3)=NN2c2cccc(F)c2)c(OC)c1. The van der Waals surface area contributed by atoms with Crippen LogP contribution in [-0.4, -0.2) is 19.9 Å². The van der Waals surface area contributed by atoms with Crippen molar-refractivity contribution in [1.82, 2.24) is 0 Å². The third-order valence-electron chi connectivity index (χ3n) is 4.96. The van der Waals surface area contributed by atoms with Crippen LogP contribution in [0, 0.1) is 5.82 Å². The lowest BCUT2D eigenvalue weighted by atomic mass is 9.97. The Balaban J connectivity index is 1.79. The van der Waals surface area contributed by atoms with E-state index in [2.05, 4.69) is 0 Å². The van der Waals surface area contributed by atoms with E-state index in [9.17, 15) is 4.39 Å². The maximum absolute atomic E-state index is 13.9. The molecule has 0 spiro atoms. The predicted octanol–water partition coefficient (Wildman–Crippen LogP) is 5.85. The molecule has 1 aliphatic rings. The predicted molar refractivity (Wildman–Crippen MR) is 114 cm³/mol. The fraction of sp³-hybridized carbons (Fsp3) is 0.174. The molecule has 1 unspecified atom stereocenters. The second-order valence-electron chi connectivity index (χ2n) is 6.71. The summed E-state index contributed by atoms with van der Waals surface area (Å²) in [5.41, 5.74) is 3.50. The molecule has 3 aromatic rings. The lowest BCUT2D eigenvalue weighted by Gasteiger charge is -2.25. The van der Waals surface area contributed by atoms with Gasteiger partial charge in [-0.1, -0.05) is 29.8 Å². The van der Waals surface area contributed by atoms with Gasteiger partial charge in [0.1, 0.15) is 17.3 Å². The number of hydrazone groups is 1. The maximum atomic E-state index is 13.9. The summed E-state index contributed by atoms with van der Waals surface area (Å²) in [6.07, 6.45) is 0.640. The molecular weight excluding hydrogens is 391 g/mol. The van der Waals surface area contributed by atoms with Crippen LogP contribution in [-0.2, 0) is 0 Å². The smallest absolute Gasteiger partial charge is 0.127 e. The van der Waals surface area contributed by atoms with Crippen molar-refractivity contribution in [2.75, 3.05) is 19.2 Å². The molecule has 3 aromatic carbocycles. The van der Waals surface area contributed by atoms with Crippen LogP contribution in [0.4, 0.5) is 10.1 Å². The van der Waals surface area contributed by atoms with Crippen molar-refractivity contribution in [2.45, 2.75) is 12.5 Å². The molecule has 0 radical (unpaired) electrons. The van der Waals surface area contributed by atoms with E-state index in [1.807, 2.05) is 53.5 Å². The highest BCUT2D eigenvalue weighted by molar-refractivity contribution is 6.30. The Morgan fingerprint density at radius 3 is 2.48 bits per heavy atom. The molecule has 1 aliphatic heterocycles. The fourth-order valence-electron chi connectivity index (χ4n) is 3.52. The van der Waals surface area contributed by atoms with Gasteiger partial charge in [-0.3, -0.25) is 5.01 Å². The standard InChI is InChI=1S/C23H20ClFN2O2/c1-28-19-10-11-20(23(13-19)29-2)22-14-21(15-6-8-16(24)9-7-15)26-27(22)18-5-3-4-17(25)12-18/h3-13,22H,14H2,1-2H3. The van der Waals surface area contributed by atoms with Gasteiger partial charge in [-0.15, -0.1) is 0 Å². The summed E-state index contributed by atoms with van der Waals surface area (Å²) in [5, 5.41) is 7.34. The normalized spacial score (nSPS) is 15.9. The highest BCUT2D eigenvalue weighted by atomic mass is 35.5. The van der Waals surface area contributed by atoms with Gasteiger partial charge in [0.15, 0.2) is 0 Å². The van der Waals surface area contributed by atoms with Crippen LogP contribution in [0.1, 0.15) is 23.6 Å². The van der Waals surface area contributed by atoms with E-state index in [1.165, 1.54) is 12.1 Å². The van der Waals surface area contributed by atoms with Crippen LogP contribution in [0.2, 0.25) is 5.02 Å². The van der Waals surface area contributed by atoms with Crippen LogP contribution in [0.5, 0.6) is 11.5 Å². The van der Waals surface area contributed by atoms with E-state index in [4.69, 9.17) is 26.2 Å². The number of hydrogen-bond acceptors (Lipinski definition) is 4. The molecule has 29 heavy (non-hydrogen) atoms. The van der Waals surface area contributed by atoms with Crippen LogP contribution in [0.3, 0.4) is 0 Å². The summed E-state index contributed by atoms with van der Waals surface area (Å²) in [6, 6.07) is 19.6. The van der Waals surface area contributed by atoms with E-state index in [-0.39, 0.29) is 11.9 Å². The van der Waals surface area contributed by atoms with Gasteiger partial charge in [-0.2, -0.15) is 5.10 Å². The monoisotopic (exact) mass is 410 g/mol. The molecule has 4 nitrogen and oxygen atoms in total. The Hall–Kier alpha value is -3.05. The minimum atomic E-state index is -0.307. The molecule has 0 fully saturated rings. The van der Waals surface area contributed by atoms with E-state index in [1.54, 1.807) is 20.3 Å². The number of nitrogens with zero attached hydrogens (tertiary/aromatic N) is 2. The Morgan fingerprint density at radius 2 is 1.79 bits per heavy atom. The van der Waals surface area contributed by atoms with Gasteiger partial charge in [0.25, 0.3) is 0 Å². The highest BCUT2D eigenvalue weighted by Crippen LogP contribution is 2.41. The highest BCUT2D eigenvalue weighted by Gasteiger charge is 2.32. The van der Waals surface area contributed by atoms with Gasteiger partial charge in [0, 0.05) is 23.1 Å². The number of rotatable bonds is 5. The molecule has 0 amide bonds. The molecule has 148 valence electrons. The molecule has 0 N–H and O–H groups in total. The first-order valence-electron chi connectivity index (χ1n) is 9.19. The molecule has 4 rings (SSSR count). The number of methoxy groups -OCH3 is 2. The zero-order valence-corrected chi connectivity index (χ0v) is 16.9. The topological polar surface area (TPSA) is 34.1 Å². The summed E-state index contributed by atoms with van der Waals surface area (Å²) >= 11 is 6.03. The average Bonchev–Trinajstić information content (AvgIpc) is 3.19. The molecular formula is C23H20ClFN2O2. The Bertz CT molecular complexity index is 1050. The van der Waals surface area contributed by atoms with E-state index >= 15 is 0 Å². The second kappa shape index (κ2) is 8.13. The van der Waals surface area contributed by atoms with Crippen molar-refractivity contribution in [2.24, 2.45) is 5.10 Å². The third kappa shape index (κ3) is 3.91. The van der Waals surface area contributed by atoms with Crippen molar-refractivity contribution >= 4 is 23.0 Å². The zero-order chi connectivity index (χ0) is 20.4. The Kier molecular flexibility index (Phi) is 5.41. The zero-order valence-electron chi connectivity index (χ0n) is 16.1. The first kappa shape index (κ1) is 19.3. The van der Waals surface area contributed by atoms with E-state index in [0.29, 0.717) is 28.6 Å². The molecule has 0 aliphatic carbocycles. The van der Waals surface area contributed by atoms with Crippen LogP contribution in [0.15, 0.2) is 71.8 Å². The van der Waals surface area contributed by atoms with Gasteiger partial charge < -0.3 is 9.47 Å². The average molecular weight is 411 g/mol. The summed E-state index contributed by atoms with van der Waals surface area (Å²) in [7, 11) is 3.24. The number of hydrogen-bond donors (Lipinski definition) is 0. The van der Waals surface area contributed by atoms with Gasteiger partial charge in [0.2, 0.25) is 0 Å². The first-order valence-corrected chi connectivity index (χ1v) is 9.57. The second-order valence-corrected chi connectivity index (χ2v) is 7.14.